The van der Waals surface area contributed by atoms with Crippen LogP contribution in [-0.2, 0) is 9.47 Å². The Morgan fingerprint density at radius 3 is 1.41 bits per heavy atom. The molecule has 0 unspecified atom stereocenters. The van der Waals surface area contributed by atoms with Crippen LogP contribution in [0, 0.1) is 0 Å². The lowest BCUT2D eigenvalue weighted by Gasteiger charge is -2.19. The summed E-state index contributed by atoms with van der Waals surface area (Å²) >= 11 is 24.9. The van der Waals surface area contributed by atoms with E-state index in [9.17, 15) is 9.59 Å². The molecule has 0 aliphatic heterocycles. The minimum absolute atomic E-state index is 0.145. The van der Waals surface area contributed by atoms with Gasteiger partial charge in [0.1, 0.15) is 0 Å². The summed E-state index contributed by atoms with van der Waals surface area (Å²) in [5, 5.41) is 7.29. The van der Waals surface area contributed by atoms with E-state index in [2.05, 4.69) is 10.6 Å². The van der Waals surface area contributed by atoms with Crippen LogP contribution >= 0.6 is 46.4 Å². The molecule has 6 nitrogen and oxygen atoms in total. The predicted octanol–water partition coefficient (Wildman–Crippen LogP) is 8.14. The Morgan fingerprint density at radius 1 is 0.676 bits per heavy atom. The number of esters is 2. The summed E-state index contributed by atoms with van der Waals surface area (Å²) in [5.41, 5.74) is 1.71. The fourth-order valence-electron chi connectivity index (χ4n) is 3.05. The molecular weight excluding hydrogens is 522 g/mol. The van der Waals surface area contributed by atoms with Crippen LogP contribution < -0.4 is 10.6 Å². The van der Waals surface area contributed by atoms with Crippen molar-refractivity contribution in [3.63, 3.8) is 0 Å². The SMILES string of the molecule is CCOC(=O)c1cc(Nc2cccc(Cl)c2Cl)c(C(=O)OCC)cc1Nc1cccc(Cl)c1Cl. The van der Waals surface area contributed by atoms with E-state index in [1.807, 2.05) is 0 Å². The molecule has 3 aromatic rings. The van der Waals surface area contributed by atoms with Crippen molar-refractivity contribution >= 4 is 81.1 Å². The zero-order valence-electron chi connectivity index (χ0n) is 18.2. The van der Waals surface area contributed by atoms with Gasteiger partial charge in [-0.2, -0.15) is 0 Å². The molecule has 0 saturated carbocycles. The number of anilines is 4. The molecule has 0 aliphatic carbocycles. The van der Waals surface area contributed by atoms with Crippen molar-refractivity contribution in [3.8, 4) is 0 Å². The fraction of sp³-hybridized carbons (Fsp3) is 0.167. The summed E-state index contributed by atoms with van der Waals surface area (Å²) in [5.74, 6) is -1.22. The van der Waals surface area contributed by atoms with Crippen molar-refractivity contribution in [2.75, 3.05) is 23.8 Å². The van der Waals surface area contributed by atoms with Crippen LogP contribution in [-0.4, -0.2) is 25.2 Å². The highest BCUT2D eigenvalue weighted by Crippen LogP contribution is 2.37. The standard InChI is InChI=1S/C24H20Cl4N2O4/c1-3-33-23(31)13-11-20(30-18-10-6-8-16(26)22(18)28)14(24(32)34-4-2)12-19(13)29-17-9-5-7-15(25)21(17)27/h5-12,29-30H,3-4H2,1-2H3. The monoisotopic (exact) mass is 540 g/mol. The molecular formula is C24H20Cl4N2O4. The van der Waals surface area contributed by atoms with Crippen LogP contribution in [0.25, 0.3) is 0 Å². The largest absolute Gasteiger partial charge is 0.462 e. The number of carbonyl (C=O) groups excluding carboxylic acids is 2. The van der Waals surface area contributed by atoms with Crippen LogP contribution in [0.3, 0.4) is 0 Å². The molecule has 0 fully saturated rings. The maximum atomic E-state index is 12.8. The number of benzene rings is 3. The molecule has 3 aromatic carbocycles. The zero-order chi connectivity index (χ0) is 24.8. The van der Waals surface area contributed by atoms with E-state index in [-0.39, 0.29) is 45.8 Å². The van der Waals surface area contributed by atoms with Gasteiger partial charge in [0.05, 0.1) is 67.2 Å². The molecule has 0 spiro atoms. The number of nitrogens with one attached hydrogen (secondary N) is 2. The van der Waals surface area contributed by atoms with Crippen LogP contribution in [0.2, 0.25) is 20.1 Å². The molecule has 0 heterocycles. The third-order valence-electron chi connectivity index (χ3n) is 4.59. The smallest absolute Gasteiger partial charge is 0.340 e. The van der Waals surface area contributed by atoms with Gasteiger partial charge in [0.25, 0.3) is 0 Å². The summed E-state index contributed by atoms with van der Waals surface area (Å²) < 4.78 is 10.5. The van der Waals surface area contributed by atoms with Crippen LogP contribution in [0.4, 0.5) is 22.7 Å². The first-order chi connectivity index (χ1) is 16.3. The molecule has 0 aliphatic rings. The van der Waals surface area contributed by atoms with Gasteiger partial charge in [0, 0.05) is 0 Å². The van der Waals surface area contributed by atoms with Gasteiger partial charge in [-0.1, -0.05) is 58.5 Å². The van der Waals surface area contributed by atoms with Crippen LogP contribution in [0.15, 0.2) is 48.5 Å². The maximum Gasteiger partial charge on any atom is 0.340 e. The van der Waals surface area contributed by atoms with Crippen LogP contribution in [0.1, 0.15) is 34.6 Å². The Balaban J connectivity index is 2.18. The summed E-state index contributed by atoms with van der Waals surface area (Å²) in [6, 6.07) is 13.0. The highest BCUT2D eigenvalue weighted by molar-refractivity contribution is 6.44. The van der Waals surface area contributed by atoms with Crippen molar-refractivity contribution in [3.05, 3.63) is 79.7 Å². The lowest BCUT2D eigenvalue weighted by molar-refractivity contribution is 0.0513. The minimum Gasteiger partial charge on any atom is -0.462 e. The van der Waals surface area contributed by atoms with Gasteiger partial charge in [-0.25, -0.2) is 9.59 Å². The Bertz CT molecular complexity index is 1140. The van der Waals surface area contributed by atoms with Gasteiger partial charge in [-0.3, -0.25) is 0 Å². The summed E-state index contributed by atoms with van der Waals surface area (Å²) in [7, 11) is 0. The zero-order valence-corrected chi connectivity index (χ0v) is 21.2. The van der Waals surface area contributed by atoms with Gasteiger partial charge in [0.15, 0.2) is 0 Å². The maximum absolute atomic E-state index is 12.8. The van der Waals surface area contributed by atoms with E-state index in [0.29, 0.717) is 21.4 Å². The molecule has 0 aromatic heterocycles. The molecule has 34 heavy (non-hydrogen) atoms. The van der Waals surface area contributed by atoms with E-state index >= 15 is 0 Å². The van der Waals surface area contributed by atoms with Crippen molar-refractivity contribution in [2.24, 2.45) is 0 Å². The first-order valence-corrected chi connectivity index (χ1v) is 11.7. The van der Waals surface area contributed by atoms with E-state index in [4.69, 9.17) is 55.9 Å². The van der Waals surface area contributed by atoms with Gasteiger partial charge in [-0.15, -0.1) is 0 Å². The van der Waals surface area contributed by atoms with Crippen molar-refractivity contribution in [2.45, 2.75) is 13.8 Å². The lowest BCUT2D eigenvalue weighted by Crippen LogP contribution is -2.13. The van der Waals surface area contributed by atoms with Gasteiger partial charge in [-0.05, 0) is 50.2 Å². The first kappa shape index (κ1) is 26.0. The second-order valence-electron chi connectivity index (χ2n) is 6.84. The molecule has 2 N–H and O–H groups in total. The van der Waals surface area contributed by atoms with Gasteiger partial charge < -0.3 is 20.1 Å². The molecule has 10 heteroatoms. The second-order valence-corrected chi connectivity index (χ2v) is 8.41. The molecule has 178 valence electrons. The highest BCUT2D eigenvalue weighted by atomic mass is 35.5. The molecule has 0 radical (unpaired) electrons. The third-order valence-corrected chi connectivity index (χ3v) is 6.23. The summed E-state index contributed by atoms with van der Waals surface area (Å²) in [4.78, 5) is 25.7. The Labute approximate surface area is 217 Å². The van der Waals surface area contributed by atoms with Gasteiger partial charge >= 0.3 is 11.9 Å². The van der Waals surface area contributed by atoms with Crippen molar-refractivity contribution < 1.29 is 19.1 Å². The molecule has 0 saturated heterocycles. The Hall–Kier alpha value is -2.64. The second kappa shape index (κ2) is 11.7. The number of ether oxygens (including phenoxy) is 2. The number of rotatable bonds is 8. The fourth-order valence-corrected chi connectivity index (χ4v) is 3.75. The van der Waals surface area contributed by atoms with Crippen molar-refractivity contribution in [1.82, 2.24) is 0 Å². The highest BCUT2D eigenvalue weighted by Gasteiger charge is 2.23. The van der Waals surface area contributed by atoms with E-state index in [0.717, 1.165) is 0 Å². The van der Waals surface area contributed by atoms with Crippen LogP contribution in [0.5, 0.6) is 0 Å². The van der Waals surface area contributed by atoms with E-state index in [1.165, 1.54) is 12.1 Å². The minimum atomic E-state index is -0.612. The Kier molecular flexibility index (Phi) is 8.91. The number of halogens is 4. The Morgan fingerprint density at radius 2 is 1.06 bits per heavy atom. The molecule has 0 atom stereocenters. The number of hydrogen-bond donors (Lipinski definition) is 2. The first-order valence-electron chi connectivity index (χ1n) is 10.2. The molecule has 0 amide bonds. The van der Waals surface area contributed by atoms with E-state index < -0.39 is 11.9 Å². The lowest BCUT2D eigenvalue weighted by atomic mass is 10.0. The number of carbonyl (C=O) groups is 2. The van der Waals surface area contributed by atoms with Crippen molar-refractivity contribution in [1.29, 1.82) is 0 Å². The normalized spacial score (nSPS) is 10.5. The van der Waals surface area contributed by atoms with Gasteiger partial charge in [0.2, 0.25) is 0 Å². The topological polar surface area (TPSA) is 76.7 Å². The predicted molar refractivity (Wildman–Crippen MR) is 138 cm³/mol. The average molecular weight is 542 g/mol. The average Bonchev–Trinajstić information content (AvgIpc) is 2.80. The molecule has 0 bridgehead atoms. The summed E-state index contributed by atoms with van der Waals surface area (Å²) in [6.45, 7) is 3.69. The quantitative estimate of drug-likeness (QED) is 0.280. The third kappa shape index (κ3) is 5.88. The van der Waals surface area contributed by atoms with E-state index in [1.54, 1.807) is 50.2 Å². The molecule has 3 rings (SSSR count). The number of hydrogen-bond acceptors (Lipinski definition) is 6. The summed E-state index contributed by atoms with van der Waals surface area (Å²) in [6.07, 6.45) is 0.